The average molecular weight is 357 g/mol. The number of nitrogens with zero attached hydrogens (tertiary/aromatic N) is 2. The summed E-state index contributed by atoms with van der Waals surface area (Å²) < 4.78 is 5.52. The Morgan fingerprint density at radius 1 is 1.33 bits per heavy atom. The zero-order chi connectivity index (χ0) is 18.1. The Hall–Kier alpha value is -1.99. The lowest BCUT2D eigenvalue weighted by Crippen LogP contribution is -2.38. The van der Waals surface area contributed by atoms with Gasteiger partial charge in [-0.15, -0.1) is 0 Å². The zero-order valence-corrected chi connectivity index (χ0v) is 15.1. The first kappa shape index (κ1) is 20.1. The van der Waals surface area contributed by atoms with Crippen molar-refractivity contribution in [2.75, 3.05) is 43.5 Å². The Labute approximate surface area is 147 Å². The molecule has 0 spiro atoms. The van der Waals surface area contributed by atoms with E-state index in [-0.39, 0.29) is 12.6 Å². The number of nitrogens with two attached hydrogens (primary N) is 1. The van der Waals surface area contributed by atoms with Crippen LogP contribution in [0.5, 0.6) is 5.75 Å². The van der Waals surface area contributed by atoms with Crippen LogP contribution < -0.4 is 20.7 Å². The number of carbonyl (C=O) groups excluding carboxylic acids is 2. The van der Waals surface area contributed by atoms with Crippen molar-refractivity contribution in [2.45, 2.75) is 20.8 Å². The summed E-state index contributed by atoms with van der Waals surface area (Å²) in [5, 5.41) is 2.75. The first-order valence-electron chi connectivity index (χ1n) is 7.83. The van der Waals surface area contributed by atoms with Gasteiger partial charge in [0.05, 0.1) is 16.4 Å². The summed E-state index contributed by atoms with van der Waals surface area (Å²) in [6, 6.07) is 3.16. The van der Waals surface area contributed by atoms with Gasteiger partial charge < -0.3 is 25.6 Å². The monoisotopic (exact) mass is 356 g/mol. The van der Waals surface area contributed by atoms with E-state index in [0.29, 0.717) is 35.1 Å². The number of hydrogen-bond donors (Lipinski definition) is 2. The van der Waals surface area contributed by atoms with Crippen LogP contribution in [0.1, 0.15) is 20.8 Å². The fourth-order valence-electron chi connectivity index (χ4n) is 2.27. The number of ether oxygens (including phenoxy) is 1. The van der Waals surface area contributed by atoms with Crippen molar-refractivity contribution in [1.82, 2.24) is 10.2 Å². The highest BCUT2D eigenvalue weighted by molar-refractivity contribution is 6.33. The van der Waals surface area contributed by atoms with Crippen LogP contribution in [0.2, 0.25) is 5.02 Å². The molecule has 0 saturated heterocycles. The van der Waals surface area contributed by atoms with E-state index in [1.807, 2.05) is 0 Å². The van der Waals surface area contributed by atoms with Crippen LogP contribution in [-0.4, -0.2) is 50.1 Å². The van der Waals surface area contributed by atoms with Gasteiger partial charge in [-0.3, -0.25) is 9.59 Å². The van der Waals surface area contributed by atoms with Crippen molar-refractivity contribution in [3.05, 3.63) is 17.2 Å². The molecule has 0 bridgehead atoms. The summed E-state index contributed by atoms with van der Waals surface area (Å²) >= 11 is 6.11. The predicted octanol–water partition coefficient (Wildman–Crippen LogP) is 1.70. The summed E-state index contributed by atoms with van der Waals surface area (Å²) in [7, 11) is 0. The molecule has 0 aromatic heterocycles. The molecule has 2 amide bonds. The van der Waals surface area contributed by atoms with Gasteiger partial charge in [0.25, 0.3) is 0 Å². The smallest absolute Gasteiger partial charge is 0.224 e. The van der Waals surface area contributed by atoms with Gasteiger partial charge in [0.1, 0.15) is 5.75 Å². The summed E-state index contributed by atoms with van der Waals surface area (Å²) in [5.74, 6) is 0.261. The van der Waals surface area contributed by atoms with Crippen molar-refractivity contribution < 1.29 is 14.3 Å². The molecule has 0 saturated carbocycles. The Morgan fingerprint density at radius 3 is 2.54 bits per heavy atom. The molecule has 0 aliphatic rings. The first-order chi connectivity index (χ1) is 11.4. The minimum absolute atomic E-state index is 0.0284. The van der Waals surface area contributed by atoms with Crippen molar-refractivity contribution in [3.8, 4) is 5.75 Å². The van der Waals surface area contributed by atoms with Gasteiger partial charge in [-0.1, -0.05) is 25.4 Å². The molecular formula is C16H25ClN4O3. The quantitative estimate of drug-likeness (QED) is 0.288. The highest BCUT2D eigenvalue weighted by Crippen LogP contribution is 2.35. The third-order valence-corrected chi connectivity index (χ3v) is 4.01. The number of nitrogen functional groups attached to an aromatic ring is 1. The second-order valence-electron chi connectivity index (χ2n) is 5.15. The highest BCUT2D eigenvalue weighted by Gasteiger charge is 2.19. The number of nitrogens with one attached hydrogen (secondary N) is 1. The lowest BCUT2D eigenvalue weighted by atomic mass is 10.2. The lowest BCUT2D eigenvalue weighted by molar-refractivity contribution is -0.116. The van der Waals surface area contributed by atoms with Gasteiger partial charge in [-0.05, 0) is 19.2 Å². The number of hydrogen-bond acceptors (Lipinski definition) is 5. The molecule has 134 valence electrons. The fraction of sp³-hybridized carbons (Fsp3) is 0.500. The van der Waals surface area contributed by atoms with Crippen molar-refractivity contribution in [3.63, 3.8) is 0 Å². The molecule has 0 fully saturated rings. The second kappa shape index (κ2) is 10.00. The fourth-order valence-corrected chi connectivity index (χ4v) is 2.43. The summed E-state index contributed by atoms with van der Waals surface area (Å²) in [4.78, 5) is 26.3. The van der Waals surface area contributed by atoms with Crippen LogP contribution in [-0.2, 0) is 9.59 Å². The zero-order valence-electron chi connectivity index (χ0n) is 14.3. The molecule has 0 aliphatic carbocycles. The minimum Gasteiger partial charge on any atom is -0.471 e. The minimum atomic E-state index is -0.129. The molecular weight excluding hydrogens is 332 g/mol. The lowest BCUT2D eigenvalue weighted by Gasteiger charge is -2.27. The number of carbonyl (C=O) groups is 2. The van der Waals surface area contributed by atoms with Crippen molar-refractivity contribution in [2.24, 2.45) is 0 Å². The number of halogens is 1. The second-order valence-corrected chi connectivity index (χ2v) is 5.56. The summed E-state index contributed by atoms with van der Waals surface area (Å²) in [6.45, 7) is 8.62. The van der Waals surface area contributed by atoms with Crippen LogP contribution in [0, 0.1) is 0 Å². The van der Waals surface area contributed by atoms with Gasteiger partial charge >= 0.3 is 0 Å². The molecule has 24 heavy (non-hydrogen) atoms. The van der Waals surface area contributed by atoms with Gasteiger partial charge in [0.15, 0.2) is 6.73 Å². The van der Waals surface area contributed by atoms with Crippen molar-refractivity contribution in [1.29, 1.82) is 0 Å². The molecule has 0 aliphatic heterocycles. The number of likely N-dealkylation sites (N-methyl/N-ethyl adjacent to an activating group) is 1. The molecule has 7 nitrogen and oxygen atoms in total. The van der Waals surface area contributed by atoms with Gasteiger partial charge in [-0.2, -0.15) is 0 Å². The van der Waals surface area contributed by atoms with Gasteiger partial charge in [0, 0.05) is 26.1 Å². The molecule has 1 aromatic carbocycles. The molecule has 3 N–H and O–H groups in total. The van der Waals surface area contributed by atoms with E-state index in [4.69, 9.17) is 22.1 Å². The van der Waals surface area contributed by atoms with Crippen LogP contribution in [0.25, 0.3) is 0 Å². The number of anilines is 2. The van der Waals surface area contributed by atoms with Crippen LogP contribution in [0.4, 0.5) is 11.4 Å². The van der Waals surface area contributed by atoms with E-state index in [1.54, 1.807) is 17.0 Å². The maximum absolute atomic E-state index is 12.1. The van der Waals surface area contributed by atoms with Crippen LogP contribution in [0.3, 0.4) is 0 Å². The average Bonchev–Trinajstić information content (AvgIpc) is 2.55. The maximum atomic E-state index is 12.1. The van der Waals surface area contributed by atoms with Crippen LogP contribution in [0.15, 0.2) is 12.1 Å². The van der Waals surface area contributed by atoms with E-state index in [9.17, 15) is 9.59 Å². The molecule has 0 heterocycles. The van der Waals surface area contributed by atoms with Crippen LogP contribution >= 0.6 is 11.6 Å². The van der Waals surface area contributed by atoms with Gasteiger partial charge in [0.2, 0.25) is 12.3 Å². The SMILES string of the molecule is CCN(CC)CCN(C(C)=O)c1cc(Cl)c(N)cc1OCNC=O. The molecule has 8 heteroatoms. The highest BCUT2D eigenvalue weighted by atomic mass is 35.5. The Morgan fingerprint density at radius 2 is 2.00 bits per heavy atom. The standard InChI is InChI=1S/C16H25ClN4O3/c1-4-20(5-2)6-7-21(12(3)23)15-8-13(17)14(18)9-16(15)24-11-19-10-22/h8-10H,4-7,11,18H2,1-3H3,(H,19,22). The number of amides is 2. The van der Waals surface area contributed by atoms with Gasteiger partial charge in [-0.25, -0.2) is 0 Å². The Balaban J connectivity index is 3.08. The largest absolute Gasteiger partial charge is 0.471 e. The Bertz CT molecular complexity index is 564. The molecule has 1 aromatic rings. The molecule has 1 rings (SSSR count). The third kappa shape index (κ3) is 5.58. The van der Waals surface area contributed by atoms with E-state index in [0.717, 1.165) is 19.6 Å². The Kier molecular flexibility index (Phi) is 8.35. The molecule has 0 atom stereocenters. The van der Waals surface area contributed by atoms with E-state index >= 15 is 0 Å². The number of rotatable bonds is 10. The molecule has 0 radical (unpaired) electrons. The first-order valence-corrected chi connectivity index (χ1v) is 8.21. The summed E-state index contributed by atoms with van der Waals surface area (Å²) in [6.07, 6.45) is 0.530. The van der Waals surface area contributed by atoms with Crippen molar-refractivity contribution >= 4 is 35.3 Å². The topological polar surface area (TPSA) is 87.9 Å². The maximum Gasteiger partial charge on any atom is 0.224 e. The summed E-state index contributed by atoms with van der Waals surface area (Å²) in [5.41, 5.74) is 6.69. The van der Waals surface area contributed by atoms with E-state index < -0.39 is 0 Å². The predicted molar refractivity (Wildman–Crippen MR) is 96.4 cm³/mol. The van der Waals surface area contributed by atoms with E-state index in [2.05, 4.69) is 24.1 Å². The normalized spacial score (nSPS) is 10.5. The molecule has 0 unspecified atom stereocenters. The third-order valence-electron chi connectivity index (χ3n) is 3.68. The van der Waals surface area contributed by atoms with E-state index in [1.165, 1.54) is 6.92 Å². The number of benzene rings is 1.